The zero-order chi connectivity index (χ0) is 25.2. The second-order valence-corrected chi connectivity index (χ2v) is 10.6. The average Bonchev–Trinajstić information content (AvgIpc) is 3.15. The van der Waals surface area contributed by atoms with Gasteiger partial charge in [0.15, 0.2) is 0 Å². The van der Waals surface area contributed by atoms with E-state index in [4.69, 9.17) is 27.9 Å². The van der Waals surface area contributed by atoms with Crippen molar-refractivity contribution in [1.29, 1.82) is 0 Å². The van der Waals surface area contributed by atoms with Crippen LogP contribution in [-0.4, -0.2) is 34.0 Å². The number of carbonyl (C=O) groups excluding carboxylic acids is 1. The maximum Gasteiger partial charge on any atom is 0.305 e. The van der Waals surface area contributed by atoms with Crippen LogP contribution in [0.15, 0.2) is 65.1 Å². The van der Waals surface area contributed by atoms with Crippen LogP contribution in [0.1, 0.15) is 40.4 Å². The Balaban J connectivity index is 1.54. The van der Waals surface area contributed by atoms with Crippen LogP contribution in [0.3, 0.4) is 0 Å². The average molecular weight is 577 g/mol. The molecule has 0 fully saturated rings. The predicted molar refractivity (Wildman–Crippen MR) is 140 cm³/mol. The molecule has 1 amide bonds. The number of hydrogen-bond acceptors (Lipinski definition) is 3. The maximum atomic E-state index is 13.5. The molecule has 3 aromatic carbocycles. The number of halogens is 3. The number of ether oxygens (including phenoxy) is 1. The van der Waals surface area contributed by atoms with E-state index in [1.165, 1.54) is 4.90 Å². The molecule has 0 aromatic heterocycles. The molecule has 3 aromatic rings. The van der Waals surface area contributed by atoms with Gasteiger partial charge in [-0.05, 0) is 60.0 Å². The first-order valence-electron chi connectivity index (χ1n) is 11.1. The Morgan fingerprint density at radius 3 is 2.57 bits per heavy atom. The normalized spacial score (nSPS) is 16.5. The van der Waals surface area contributed by atoms with Gasteiger partial charge in [-0.3, -0.25) is 9.59 Å². The number of nitrogens with zero attached hydrogens (tertiary/aromatic N) is 1. The second kappa shape index (κ2) is 10.6. The minimum Gasteiger partial charge on any atom is -0.487 e. The van der Waals surface area contributed by atoms with Crippen molar-refractivity contribution in [3.05, 3.63) is 97.4 Å². The lowest BCUT2D eigenvalue weighted by Gasteiger charge is -2.24. The zero-order valence-electron chi connectivity index (χ0n) is 19.1. The predicted octanol–water partition coefficient (Wildman–Crippen LogP) is 6.81. The number of benzene rings is 3. The monoisotopic (exact) mass is 575 g/mol. The Labute approximate surface area is 222 Å². The van der Waals surface area contributed by atoms with E-state index < -0.39 is 11.6 Å². The van der Waals surface area contributed by atoms with Crippen LogP contribution in [0, 0.1) is 0 Å². The summed E-state index contributed by atoms with van der Waals surface area (Å²) in [4.78, 5) is 26.2. The molecule has 0 radical (unpaired) electrons. The van der Waals surface area contributed by atoms with E-state index >= 15 is 0 Å². The molecule has 0 spiro atoms. The molecule has 0 saturated carbocycles. The second-order valence-electron chi connectivity index (χ2n) is 8.94. The molecule has 35 heavy (non-hydrogen) atoms. The van der Waals surface area contributed by atoms with Gasteiger partial charge >= 0.3 is 5.97 Å². The standard InChI is InChI=1S/C27H24BrCl2NO4/c1-27(14-17-5-8-21(28)9-6-17)15-20-13-18(7-10-23(20)35-27)26(34)31(12-11-24(32)33)16-19-3-2-4-22(29)25(19)30/h2-10,13H,11-12,14-16H2,1H3,(H,32,33)/t27-/m1/s1. The number of carbonyl (C=O) groups is 2. The van der Waals surface area contributed by atoms with E-state index in [-0.39, 0.29) is 25.4 Å². The zero-order valence-corrected chi connectivity index (χ0v) is 22.2. The molecule has 1 aliphatic heterocycles. The van der Waals surface area contributed by atoms with Gasteiger partial charge in [-0.15, -0.1) is 0 Å². The van der Waals surface area contributed by atoms with E-state index in [2.05, 4.69) is 35.0 Å². The summed E-state index contributed by atoms with van der Waals surface area (Å²) in [5, 5.41) is 9.93. The molecule has 1 aliphatic rings. The van der Waals surface area contributed by atoms with Crippen molar-refractivity contribution in [1.82, 2.24) is 4.90 Å². The highest BCUT2D eigenvalue weighted by atomic mass is 79.9. The van der Waals surface area contributed by atoms with E-state index in [0.717, 1.165) is 27.8 Å². The first-order chi connectivity index (χ1) is 16.6. The summed E-state index contributed by atoms with van der Waals surface area (Å²) >= 11 is 15.9. The summed E-state index contributed by atoms with van der Waals surface area (Å²) in [5.74, 6) is -0.492. The van der Waals surface area contributed by atoms with Crippen LogP contribution in [-0.2, 0) is 24.2 Å². The Kier molecular flexibility index (Phi) is 7.74. The largest absolute Gasteiger partial charge is 0.487 e. The minimum absolute atomic E-state index is 0.0475. The van der Waals surface area contributed by atoms with Crippen molar-refractivity contribution in [3.63, 3.8) is 0 Å². The van der Waals surface area contributed by atoms with Gasteiger partial charge in [-0.1, -0.05) is 63.4 Å². The van der Waals surface area contributed by atoms with Gasteiger partial charge in [0.25, 0.3) is 5.91 Å². The number of hydrogen-bond donors (Lipinski definition) is 1. The molecule has 0 saturated heterocycles. The van der Waals surface area contributed by atoms with Gasteiger partial charge in [0, 0.05) is 36.0 Å². The van der Waals surface area contributed by atoms with Crippen molar-refractivity contribution >= 4 is 51.0 Å². The minimum atomic E-state index is -0.981. The summed E-state index contributed by atoms with van der Waals surface area (Å²) in [7, 11) is 0. The fourth-order valence-corrected chi connectivity index (χ4v) is 4.97. The Bertz CT molecular complexity index is 1260. The molecular weight excluding hydrogens is 553 g/mol. The van der Waals surface area contributed by atoms with Crippen LogP contribution in [0.25, 0.3) is 0 Å². The number of rotatable bonds is 8. The van der Waals surface area contributed by atoms with Crippen molar-refractivity contribution in [2.24, 2.45) is 0 Å². The van der Waals surface area contributed by atoms with Gasteiger partial charge in [0.1, 0.15) is 11.4 Å². The molecule has 8 heteroatoms. The maximum absolute atomic E-state index is 13.5. The quantitative estimate of drug-likeness (QED) is 0.320. The van der Waals surface area contributed by atoms with Crippen molar-refractivity contribution in [2.45, 2.75) is 38.3 Å². The Hall–Kier alpha value is -2.54. The fraction of sp³-hybridized carbons (Fsp3) is 0.259. The number of aliphatic carboxylic acids is 1. The molecule has 182 valence electrons. The molecule has 0 bridgehead atoms. The van der Waals surface area contributed by atoms with Crippen molar-refractivity contribution in [3.8, 4) is 5.75 Å². The van der Waals surface area contributed by atoms with Crippen LogP contribution < -0.4 is 4.74 Å². The Morgan fingerprint density at radius 1 is 1.11 bits per heavy atom. The number of fused-ring (bicyclic) bond motifs is 1. The van der Waals surface area contributed by atoms with Gasteiger partial charge in [-0.2, -0.15) is 0 Å². The smallest absolute Gasteiger partial charge is 0.305 e. The fourth-order valence-electron chi connectivity index (χ4n) is 4.33. The van der Waals surface area contributed by atoms with E-state index in [1.54, 1.807) is 24.3 Å². The van der Waals surface area contributed by atoms with Crippen molar-refractivity contribution in [2.75, 3.05) is 6.54 Å². The molecule has 1 atom stereocenters. The van der Waals surface area contributed by atoms with E-state index in [0.29, 0.717) is 27.6 Å². The topological polar surface area (TPSA) is 66.8 Å². The van der Waals surface area contributed by atoms with Gasteiger partial charge in [0.05, 0.1) is 16.5 Å². The van der Waals surface area contributed by atoms with Gasteiger partial charge in [0.2, 0.25) is 0 Å². The summed E-state index contributed by atoms with van der Waals surface area (Å²) in [5.41, 5.74) is 2.83. The molecule has 0 aliphatic carbocycles. The lowest BCUT2D eigenvalue weighted by molar-refractivity contribution is -0.137. The SMILES string of the molecule is C[C@@]1(Cc2ccc(Br)cc2)Cc2cc(C(=O)N(CCC(=O)O)Cc3cccc(Cl)c3Cl)ccc2O1. The lowest BCUT2D eigenvalue weighted by atomic mass is 9.91. The van der Waals surface area contributed by atoms with Crippen LogP contribution in [0.4, 0.5) is 0 Å². The first kappa shape index (κ1) is 25.5. The highest BCUT2D eigenvalue weighted by molar-refractivity contribution is 9.10. The third kappa shape index (κ3) is 6.18. The molecular formula is C27H24BrCl2NO4. The Morgan fingerprint density at radius 2 is 1.86 bits per heavy atom. The highest BCUT2D eigenvalue weighted by Crippen LogP contribution is 2.38. The molecule has 4 rings (SSSR count). The molecule has 0 unspecified atom stereocenters. The highest BCUT2D eigenvalue weighted by Gasteiger charge is 2.35. The molecule has 5 nitrogen and oxygen atoms in total. The summed E-state index contributed by atoms with van der Waals surface area (Å²) in [6.07, 6.45) is 1.22. The molecule has 1 heterocycles. The van der Waals surface area contributed by atoms with E-state index in [1.807, 2.05) is 24.3 Å². The van der Waals surface area contributed by atoms with Gasteiger partial charge < -0.3 is 14.7 Å². The third-order valence-corrected chi connectivity index (χ3v) is 7.38. The van der Waals surface area contributed by atoms with Gasteiger partial charge in [-0.25, -0.2) is 0 Å². The number of carboxylic acid groups (broad SMARTS) is 1. The van der Waals surface area contributed by atoms with Crippen molar-refractivity contribution < 1.29 is 19.4 Å². The van der Waals surface area contributed by atoms with E-state index in [9.17, 15) is 14.7 Å². The van der Waals surface area contributed by atoms with Crippen LogP contribution >= 0.6 is 39.1 Å². The number of carboxylic acids is 1. The first-order valence-corrected chi connectivity index (χ1v) is 12.7. The molecule has 1 N–H and O–H groups in total. The summed E-state index contributed by atoms with van der Waals surface area (Å²) in [6.45, 7) is 2.27. The summed E-state index contributed by atoms with van der Waals surface area (Å²) < 4.78 is 7.31. The third-order valence-electron chi connectivity index (χ3n) is 6.00. The lowest BCUT2D eigenvalue weighted by Crippen LogP contribution is -2.33. The summed E-state index contributed by atoms with van der Waals surface area (Å²) in [6, 6.07) is 18.7. The number of amides is 1. The van der Waals surface area contributed by atoms with Crippen LogP contribution in [0.2, 0.25) is 10.0 Å². The van der Waals surface area contributed by atoms with Crippen LogP contribution in [0.5, 0.6) is 5.75 Å².